The first-order valence-corrected chi connectivity index (χ1v) is 5.82. The molecule has 1 fully saturated rings. The van der Waals surface area contributed by atoms with E-state index in [0.717, 1.165) is 17.1 Å². The van der Waals surface area contributed by atoms with E-state index >= 15 is 0 Å². The number of aliphatic hydroxyl groups excluding tert-OH is 1. The number of nitrogens with zero attached hydrogens (tertiary/aromatic N) is 2. The molecule has 0 atom stereocenters. The van der Waals surface area contributed by atoms with Gasteiger partial charge in [-0.05, 0) is 37.8 Å². The van der Waals surface area contributed by atoms with Crippen LogP contribution < -0.4 is 10.6 Å². The highest BCUT2D eigenvalue weighted by molar-refractivity contribution is 5.52. The molecule has 0 radical (unpaired) electrons. The van der Waals surface area contributed by atoms with Gasteiger partial charge >= 0.3 is 0 Å². The molecule has 1 aromatic rings. The predicted molar refractivity (Wildman–Crippen MR) is 65.5 cm³/mol. The molecule has 0 unspecified atom stereocenters. The Bertz CT molecular complexity index is 363. The van der Waals surface area contributed by atoms with Crippen molar-refractivity contribution >= 4 is 11.5 Å². The molecule has 0 spiro atoms. The summed E-state index contributed by atoms with van der Waals surface area (Å²) in [4.78, 5) is 6.54. The highest BCUT2D eigenvalue weighted by Crippen LogP contribution is 2.29. The minimum Gasteiger partial charge on any atom is -0.397 e. The zero-order chi connectivity index (χ0) is 11.5. The largest absolute Gasteiger partial charge is 0.397 e. The first kappa shape index (κ1) is 11.2. The lowest BCUT2D eigenvalue weighted by molar-refractivity contribution is 0.283. The van der Waals surface area contributed by atoms with E-state index in [1.54, 1.807) is 6.20 Å². The Morgan fingerprint density at radius 1 is 1.56 bits per heavy atom. The first-order chi connectivity index (χ1) is 7.72. The molecule has 1 aliphatic rings. The van der Waals surface area contributed by atoms with Crippen molar-refractivity contribution in [2.45, 2.75) is 32.2 Å². The van der Waals surface area contributed by atoms with Gasteiger partial charge in [-0.3, -0.25) is 0 Å². The summed E-state index contributed by atoms with van der Waals surface area (Å²) in [5, 5.41) is 9.10. The van der Waals surface area contributed by atoms with Crippen LogP contribution in [-0.2, 0) is 0 Å². The molecule has 4 nitrogen and oxygen atoms in total. The quantitative estimate of drug-likeness (QED) is 0.805. The maximum atomic E-state index is 9.10. The van der Waals surface area contributed by atoms with Crippen molar-refractivity contribution in [3.8, 4) is 0 Å². The van der Waals surface area contributed by atoms with Crippen LogP contribution in [0.1, 0.15) is 24.8 Å². The molecule has 1 aromatic heterocycles. The van der Waals surface area contributed by atoms with Crippen LogP contribution >= 0.6 is 0 Å². The summed E-state index contributed by atoms with van der Waals surface area (Å²) in [5.41, 5.74) is 7.53. The maximum absolute atomic E-state index is 9.10. The second-order valence-corrected chi connectivity index (χ2v) is 4.40. The molecule has 4 heteroatoms. The van der Waals surface area contributed by atoms with E-state index in [0.29, 0.717) is 12.6 Å². The smallest absolute Gasteiger partial charge is 0.129 e. The lowest BCUT2D eigenvalue weighted by Gasteiger charge is -2.38. The Morgan fingerprint density at radius 3 is 2.81 bits per heavy atom. The van der Waals surface area contributed by atoms with Gasteiger partial charge in [0.15, 0.2) is 0 Å². The van der Waals surface area contributed by atoms with Crippen LogP contribution in [0.4, 0.5) is 11.5 Å². The van der Waals surface area contributed by atoms with Crippen molar-refractivity contribution in [1.29, 1.82) is 0 Å². The molecule has 88 valence electrons. The predicted octanol–water partition coefficient (Wildman–Crippen LogP) is 1.32. The van der Waals surface area contributed by atoms with Gasteiger partial charge in [0.05, 0.1) is 18.5 Å². The normalized spacial score (nSPS) is 15.9. The van der Waals surface area contributed by atoms with E-state index in [1.165, 1.54) is 19.3 Å². The monoisotopic (exact) mass is 221 g/mol. The number of anilines is 2. The minimum absolute atomic E-state index is 0.168. The van der Waals surface area contributed by atoms with Crippen LogP contribution in [0.15, 0.2) is 12.3 Å². The van der Waals surface area contributed by atoms with E-state index in [4.69, 9.17) is 10.8 Å². The molecule has 2 rings (SSSR count). The van der Waals surface area contributed by atoms with Crippen LogP contribution in [0, 0.1) is 6.92 Å². The molecule has 0 aliphatic heterocycles. The summed E-state index contributed by atoms with van der Waals surface area (Å²) < 4.78 is 0. The van der Waals surface area contributed by atoms with Crippen LogP contribution in [0.5, 0.6) is 0 Å². The first-order valence-electron chi connectivity index (χ1n) is 5.82. The summed E-state index contributed by atoms with van der Waals surface area (Å²) in [6, 6.07) is 2.55. The molecule has 1 saturated carbocycles. The second kappa shape index (κ2) is 4.70. The van der Waals surface area contributed by atoms with Crippen molar-refractivity contribution in [2.75, 3.05) is 23.8 Å². The topological polar surface area (TPSA) is 62.4 Å². The number of nitrogen functional groups attached to an aromatic ring is 1. The summed E-state index contributed by atoms with van der Waals surface area (Å²) in [6.45, 7) is 2.81. The van der Waals surface area contributed by atoms with Crippen molar-refractivity contribution < 1.29 is 5.11 Å². The van der Waals surface area contributed by atoms with Gasteiger partial charge in [0, 0.05) is 12.6 Å². The number of aryl methyl sites for hydroxylation is 1. The Kier molecular flexibility index (Phi) is 3.29. The lowest BCUT2D eigenvalue weighted by Crippen LogP contribution is -2.42. The van der Waals surface area contributed by atoms with Gasteiger partial charge < -0.3 is 15.7 Å². The third-order valence-electron chi connectivity index (χ3n) is 3.29. The van der Waals surface area contributed by atoms with Crippen molar-refractivity contribution in [1.82, 2.24) is 4.98 Å². The number of aliphatic hydroxyl groups is 1. The average molecular weight is 221 g/mol. The lowest BCUT2D eigenvalue weighted by atomic mass is 9.91. The van der Waals surface area contributed by atoms with Gasteiger partial charge in [-0.2, -0.15) is 0 Å². The van der Waals surface area contributed by atoms with Crippen molar-refractivity contribution in [2.24, 2.45) is 0 Å². The summed E-state index contributed by atoms with van der Waals surface area (Å²) in [6.07, 6.45) is 5.38. The van der Waals surface area contributed by atoms with E-state index in [-0.39, 0.29) is 6.61 Å². The summed E-state index contributed by atoms with van der Waals surface area (Å²) in [7, 11) is 0. The van der Waals surface area contributed by atoms with E-state index < -0.39 is 0 Å². The number of rotatable bonds is 4. The third-order valence-corrected chi connectivity index (χ3v) is 3.29. The van der Waals surface area contributed by atoms with Crippen molar-refractivity contribution in [3.05, 3.63) is 17.8 Å². The van der Waals surface area contributed by atoms with Crippen LogP contribution in [-0.4, -0.2) is 29.3 Å². The molecule has 0 bridgehead atoms. The molecule has 0 aromatic carbocycles. The number of aromatic nitrogens is 1. The maximum Gasteiger partial charge on any atom is 0.129 e. The van der Waals surface area contributed by atoms with Gasteiger partial charge in [-0.15, -0.1) is 0 Å². The zero-order valence-electron chi connectivity index (χ0n) is 9.69. The highest BCUT2D eigenvalue weighted by Gasteiger charge is 2.25. The van der Waals surface area contributed by atoms with E-state index in [2.05, 4.69) is 9.88 Å². The van der Waals surface area contributed by atoms with E-state index in [9.17, 15) is 0 Å². The van der Waals surface area contributed by atoms with Gasteiger partial charge in [0.1, 0.15) is 5.82 Å². The molecular formula is C12H19N3O. The number of pyridine rings is 1. The van der Waals surface area contributed by atoms with Crippen LogP contribution in [0.25, 0.3) is 0 Å². The molecule has 1 heterocycles. The van der Waals surface area contributed by atoms with Gasteiger partial charge in [0.2, 0.25) is 0 Å². The molecule has 3 N–H and O–H groups in total. The average Bonchev–Trinajstić information content (AvgIpc) is 2.19. The fourth-order valence-corrected chi connectivity index (χ4v) is 2.00. The molecule has 16 heavy (non-hydrogen) atoms. The number of nitrogens with two attached hydrogens (primary N) is 1. The minimum atomic E-state index is 0.168. The highest BCUT2D eigenvalue weighted by atomic mass is 16.3. The summed E-state index contributed by atoms with van der Waals surface area (Å²) in [5.74, 6) is 0.936. The number of hydrogen-bond donors (Lipinski definition) is 2. The van der Waals surface area contributed by atoms with Crippen LogP contribution in [0.3, 0.4) is 0 Å². The zero-order valence-corrected chi connectivity index (χ0v) is 9.69. The van der Waals surface area contributed by atoms with Crippen molar-refractivity contribution in [3.63, 3.8) is 0 Å². The van der Waals surface area contributed by atoms with Gasteiger partial charge in [0.25, 0.3) is 0 Å². The van der Waals surface area contributed by atoms with E-state index in [1.807, 2.05) is 13.0 Å². The molecule has 1 aliphatic carbocycles. The fourth-order valence-electron chi connectivity index (χ4n) is 2.00. The molecule has 0 saturated heterocycles. The Labute approximate surface area is 96.1 Å². The fraction of sp³-hybridized carbons (Fsp3) is 0.583. The SMILES string of the molecule is Cc1cc(N(CCO)C2CCC2)ncc1N. The van der Waals surface area contributed by atoms with Gasteiger partial charge in [-0.25, -0.2) is 4.98 Å². The Balaban J connectivity index is 2.20. The summed E-state index contributed by atoms with van der Waals surface area (Å²) >= 11 is 0. The van der Waals surface area contributed by atoms with Gasteiger partial charge in [-0.1, -0.05) is 0 Å². The third kappa shape index (κ3) is 2.11. The second-order valence-electron chi connectivity index (χ2n) is 4.40. The molecular weight excluding hydrogens is 202 g/mol. The number of hydrogen-bond acceptors (Lipinski definition) is 4. The standard InChI is InChI=1S/C12H19N3O/c1-9-7-12(14-8-11(9)13)15(5-6-16)10-3-2-4-10/h7-8,10,16H,2-6,13H2,1H3. The van der Waals surface area contributed by atoms with Crippen LogP contribution in [0.2, 0.25) is 0 Å². The Hall–Kier alpha value is -1.29. The Morgan fingerprint density at radius 2 is 2.31 bits per heavy atom. The molecule has 0 amide bonds.